The number of rotatable bonds is 0. The number of nitrogens with two attached hydrogens (primary N) is 1. The quantitative estimate of drug-likeness (QED) is 0.683. The lowest BCUT2D eigenvalue weighted by atomic mass is 9.90. The molecule has 0 aromatic rings. The van der Waals surface area contributed by atoms with Crippen LogP contribution in [0.2, 0.25) is 0 Å². The zero-order valence-electron chi connectivity index (χ0n) is 10.9. The third kappa shape index (κ3) is 3.44. The van der Waals surface area contributed by atoms with Gasteiger partial charge in [0.05, 0.1) is 0 Å². The van der Waals surface area contributed by atoms with Gasteiger partial charge in [0.15, 0.2) is 0 Å². The number of hydrogen-bond acceptors (Lipinski definition) is 1. The molecule has 0 aromatic carbocycles. The fraction of sp³-hybridized carbons (Fsp3) is 0.294. The average molecular weight is 239 g/mol. The molecular formula is C17H21N. The monoisotopic (exact) mass is 239 g/mol. The van der Waals surface area contributed by atoms with Crippen LogP contribution in [0, 0.1) is 5.92 Å². The second kappa shape index (κ2) is 6.36. The van der Waals surface area contributed by atoms with Crippen molar-refractivity contribution in [1.29, 1.82) is 0 Å². The Labute approximate surface area is 110 Å². The predicted octanol–water partition coefficient (Wildman–Crippen LogP) is 3.83. The van der Waals surface area contributed by atoms with E-state index in [0.29, 0.717) is 5.92 Å². The maximum atomic E-state index is 6.26. The Morgan fingerprint density at radius 1 is 0.833 bits per heavy atom. The van der Waals surface area contributed by atoms with Gasteiger partial charge in [0.1, 0.15) is 0 Å². The van der Waals surface area contributed by atoms with Crippen LogP contribution in [0.5, 0.6) is 0 Å². The zero-order valence-corrected chi connectivity index (χ0v) is 10.9. The van der Waals surface area contributed by atoms with Crippen molar-refractivity contribution in [3.63, 3.8) is 0 Å². The lowest BCUT2D eigenvalue weighted by Crippen LogP contribution is -2.23. The highest BCUT2D eigenvalue weighted by Gasteiger charge is 2.12. The maximum Gasteiger partial charge on any atom is 0.0295 e. The molecule has 3 aliphatic rings. The molecule has 3 aliphatic carbocycles. The number of hydrogen-bond donors (Lipinski definition) is 1. The highest BCUT2D eigenvalue weighted by molar-refractivity contribution is 5.36. The van der Waals surface area contributed by atoms with E-state index in [-0.39, 0.29) is 6.04 Å². The van der Waals surface area contributed by atoms with Gasteiger partial charge in [-0.15, -0.1) is 0 Å². The first-order valence-electron chi connectivity index (χ1n) is 6.63. The van der Waals surface area contributed by atoms with Crippen molar-refractivity contribution in [3.8, 4) is 0 Å². The predicted molar refractivity (Wildman–Crippen MR) is 79.1 cm³/mol. The van der Waals surface area contributed by atoms with Crippen LogP contribution in [0.1, 0.15) is 19.8 Å². The molecule has 0 heterocycles. The molecule has 2 atom stereocenters. The van der Waals surface area contributed by atoms with Crippen molar-refractivity contribution in [1.82, 2.24) is 0 Å². The largest absolute Gasteiger partial charge is 0.324 e. The second-order valence-electron chi connectivity index (χ2n) is 4.91. The molecule has 0 radical (unpaired) electrons. The van der Waals surface area contributed by atoms with Crippen LogP contribution in [0.4, 0.5) is 0 Å². The van der Waals surface area contributed by atoms with E-state index >= 15 is 0 Å². The first-order chi connectivity index (χ1) is 8.77. The van der Waals surface area contributed by atoms with Crippen molar-refractivity contribution >= 4 is 0 Å². The van der Waals surface area contributed by atoms with E-state index in [9.17, 15) is 0 Å². The van der Waals surface area contributed by atoms with Crippen molar-refractivity contribution in [3.05, 3.63) is 71.9 Å². The summed E-state index contributed by atoms with van der Waals surface area (Å²) < 4.78 is 0. The summed E-state index contributed by atoms with van der Waals surface area (Å²) in [6.45, 7) is 2.27. The Balaban J connectivity index is 2.43. The van der Waals surface area contributed by atoms with E-state index in [2.05, 4.69) is 61.6 Å². The van der Waals surface area contributed by atoms with Crippen LogP contribution in [0.3, 0.4) is 0 Å². The van der Waals surface area contributed by atoms with E-state index in [4.69, 9.17) is 5.73 Å². The van der Waals surface area contributed by atoms with Crippen LogP contribution in [-0.2, 0) is 0 Å². The summed E-state index contributed by atoms with van der Waals surface area (Å²) in [5.41, 5.74) is 8.83. The molecule has 0 saturated carbocycles. The van der Waals surface area contributed by atoms with Gasteiger partial charge in [-0.25, -0.2) is 0 Å². The lowest BCUT2D eigenvalue weighted by Gasteiger charge is -2.18. The Bertz CT molecular complexity index is 416. The highest BCUT2D eigenvalue weighted by atomic mass is 14.6. The van der Waals surface area contributed by atoms with Crippen molar-refractivity contribution in [2.24, 2.45) is 11.7 Å². The highest BCUT2D eigenvalue weighted by Crippen LogP contribution is 2.22. The van der Waals surface area contributed by atoms with Crippen LogP contribution < -0.4 is 5.73 Å². The van der Waals surface area contributed by atoms with Gasteiger partial charge in [-0.2, -0.15) is 0 Å². The van der Waals surface area contributed by atoms with Gasteiger partial charge < -0.3 is 5.73 Å². The van der Waals surface area contributed by atoms with E-state index < -0.39 is 0 Å². The molecule has 2 N–H and O–H groups in total. The second-order valence-corrected chi connectivity index (χ2v) is 4.91. The fourth-order valence-corrected chi connectivity index (χ4v) is 2.24. The van der Waals surface area contributed by atoms with Gasteiger partial charge in [-0.3, -0.25) is 0 Å². The van der Waals surface area contributed by atoms with E-state index in [0.717, 1.165) is 12.8 Å². The Kier molecular flexibility index (Phi) is 4.54. The Morgan fingerprint density at radius 3 is 2.17 bits per heavy atom. The summed E-state index contributed by atoms with van der Waals surface area (Å²) in [7, 11) is 0. The summed E-state index contributed by atoms with van der Waals surface area (Å²) in [5.74, 6) is 0.549. The van der Waals surface area contributed by atoms with Crippen molar-refractivity contribution < 1.29 is 0 Å². The van der Waals surface area contributed by atoms with Crippen LogP contribution in [-0.4, -0.2) is 6.04 Å². The van der Waals surface area contributed by atoms with Crippen LogP contribution in [0.15, 0.2) is 71.9 Å². The lowest BCUT2D eigenvalue weighted by molar-refractivity contribution is 0.551. The normalized spacial score (nSPS) is 40.8. The minimum Gasteiger partial charge on any atom is -0.324 e. The topological polar surface area (TPSA) is 26.0 Å². The Hall–Kier alpha value is -1.60. The first-order valence-corrected chi connectivity index (χ1v) is 6.63. The third-order valence-electron chi connectivity index (χ3n) is 3.51. The van der Waals surface area contributed by atoms with Crippen LogP contribution >= 0.6 is 0 Å². The molecule has 1 heteroatoms. The summed E-state index contributed by atoms with van der Waals surface area (Å²) in [6, 6.07) is 0.129. The summed E-state index contributed by atoms with van der Waals surface area (Å²) in [4.78, 5) is 0. The summed E-state index contributed by atoms with van der Waals surface area (Å²) >= 11 is 0. The molecule has 2 unspecified atom stereocenters. The third-order valence-corrected chi connectivity index (χ3v) is 3.51. The van der Waals surface area contributed by atoms with Gasteiger partial charge >= 0.3 is 0 Å². The standard InChI is InChI=1S/C17H21N/c1-14-12-13-17(18)16-10-5-3-2-4-8-15(14)9-6-7-11-16/h2-11,14,17H,12-13,18H2,1H3/b3-2+,4-2?,5-3?,7-6-,8-4+,9-6?,10-5-,11-7?,15-8?,15-9+,16-10?,16-11+. The average Bonchev–Trinajstić information content (AvgIpc) is 2.35. The number of allylic oxidation sites excluding steroid dienone is 10. The van der Waals surface area contributed by atoms with Gasteiger partial charge in [-0.1, -0.05) is 67.7 Å². The molecule has 1 nitrogen and oxygen atoms in total. The van der Waals surface area contributed by atoms with Crippen molar-refractivity contribution in [2.75, 3.05) is 0 Å². The molecule has 0 aromatic heterocycles. The molecular weight excluding hydrogens is 218 g/mol. The summed E-state index contributed by atoms with van der Waals surface area (Å²) in [6.07, 6.45) is 23.2. The SMILES string of the molecule is CC1CCC(N)C2=C/C=C\C=C1/C=C/C=C/C=C\2. The zero-order chi connectivity index (χ0) is 12.8. The molecule has 3 rings (SSSR count). The maximum absolute atomic E-state index is 6.26. The molecule has 2 bridgehead atoms. The molecule has 94 valence electrons. The molecule has 18 heavy (non-hydrogen) atoms. The Morgan fingerprint density at radius 2 is 1.44 bits per heavy atom. The van der Waals surface area contributed by atoms with Gasteiger partial charge in [0.25, 0.3) is 0 Å². The smallest absolute Gasteiger partial charge is 0.0295 e. The first kappa shape index (κ1) is 12.8. The van der Waals surface area contributed by atoms with E-state index in [1.807, 2.05) is 6.08 Å². The van der Waals surface area contributed by atoms with Crippen molar-refractivity contribution in [2.45, 2.75) is 25.8 Å². The van der Waals surface area contributed by atoms with Crippen LogP contribution in [0.25, 0.3) is 0 Å². The molecule has 0 fully saturated rings. The molecule has 0 amide bonds. The molecule has 0 aliphatic heterocycles. The van der Waals surface area contributed by atoms with Gasteiger partial charge in [0.2, 0.25) is 0 Å². The summed E-state index contributed by atoms with van der Waals surface area (Å²) in [5, 5.41) is 0. The molecule has 0 spiro atoms. The van der Waals surface area contributed by atoms with Gasteiger partial charge in [0, 0.05) is 6.04 Å². The fourth-order valence-electron chi connectivity index (χ4n) is 2.24. The minimum atomic E-state index is 0.129. The van der Waals surface area contributed by atoms with E-state index in [1.165, 1.54) is 11.1 Å². The molecule has 0 saturated heterocycles. The number of fused-ring (bicyclic) bond motifs is 7. The minimum absolute atomic E-state index is 0.129. The van der Waals surface area contributed by atoms with Gasteiger partial charge in [-0.05, 0) is 29.9 Å². The van der Waals surface area contributed by atoms with E-state index in [1.54, 1.807) is 0 Å².